The van der Waals surface area contributed by atoms with Gasteiger partial charge in [-0.3, -0.25) is 9.59 Å². The van der Waals surface area contributed by atoms with Gasteiger partial charge in [0.05, 0.1) is 0 Å². The molecule has 0 heterocycles. The second-order valence-electron chi connectivity index (χ2n) is 4.79. The van der Waals surface area contributed by atoms with Crippen molar-refractivity contribution in [2.75, 3.05) is 10.6 Å². The van der Waals surface area contributed by atoms with E-state index in [4.69, 9.17) is 0 Å². The molecule has 0 unspecified atom stereocenters. The largest absolute Gasteiger partial charge is 0.325 e. The highest BCUT2D eigenvalue weighted by Crippen LogP contribution is 2.14. The van der Waals surface area contributed by atoms with Crippen LogP contribution in [-0.4, -0.2) is 11.8 Å². The molecule has 0 radical (unpaired) electrons. The third-order valence-electron chi connectivity index (χ3n) is 3.12. The second-order valence-corrected chi connectivity index (χ2v) is 4.79. The SMILES string of the molecule is C=CCC(C(=O)Nc1ccccc1)C(=O)Nc1ccccc1. The van der Waals surface area contributed by atoms with Crippen molar-refractivity contribution in [3.8, 4) is 0 Å². The van der Waals surface area contributed by atoms with Gasteiger partial charge in [-0.25, -0.2) is 0 Å². The Hall–Kier alpha value is -2.88. The van der Waals surface area contributed by atoms with Crippen LogP contribution < -0.4 is 10.6 Å². The number of hydrogen-bond acceptors (Lipinski definition) is 2. The molecule has 0 spiro atoms. The van der Waals surface area contributed by atoms with Gasteiger partial charge in [0.1, 0.15) is 5.92 Å². The summed E-state index contributed by atoms with van der Waals surface area (Å²) in [5.41, 5.74) is 1.32. The molecule has 0 bridgehead atoms. The maximum atomic E-state index is 12.3. The van der Waals surface area contributed by atoms with Crippen LogP contribution in [0.1, 0.15) is 6.42 Å². The molecule has 4 heteroatoms. The zero-order chi connectivity index (χ0) is 15.8. The van der Waals surface area contributed by atoms with E-state index in [1.807, 2.05) is 36.4 Å². The van der Waals surface area contributed by atoms with E-state index in [0.717, 1.165) is 0 Å². The smallest absolute Gasteiger partial charge is 0.237 e. The lowest BCUT2D eigenvalue weighted by Crippen LogP contribution is -2.33. The molecule has 0 aliphatic rings. The molecule has 2 N–H and O–H groups in total. The van der Waals surface area contributed by atoms with Crippen LogP contribution in [0.5, 0.6) is 0 Å². The number of carbonyl (C=O) groups excluding carboxylic acids is 2. The minimum atomic E-state index is -0.821. The first-order chi connectivity index (χ1) is 10.7. The number of para-hydroxylation sites is 2. The van der Waals surface area contributed by atoms with Gasteiger partial charge < -0.3 is 10.6 Å². The molecule has 0 saturated heterocycles. The minimum Gasteiger partial charge on any atom is -0.325 e. The lowest BCUT2D eigenvalue weighted by Gasteiger charge is -2.15. The third-order valence-corrected chi connectivity index (χ3v) is 3.12. The molecule has 2 aromatic carbocycles. The average molecular weight is 294 g/mol. The Morgan fingerprint density at radius 1 is 0.864 bits per heavy atom. The number of allylic oxidation sites excluding steroid dienone is 1. The van der Waals surface area contributed by atoms with Gasteiger partial charge in [0.15, 0.2) is 0 Å². The molecule has 4 nitrogen and oxygen atoms in total. The highest BCUT2D eigenvalue weighted by Gasteiger charge is 2.25. The maximum absolute atomic E-state index is 12.3. The Morgan fingerprint density at radius 2 is 1.27 bits per heavy atom. The Labute approximate surface area is 129 Å². The molecule has 0 fully saturated rings. The van der Waals surface area contributed by atoms with E-state index in [9.17, 15) is 9.59 Å². The van der Waals surface area contributed by atoms with Crippen LogP contribution in [0.25, 0.3) is 0 Å². The summed E-state index contributed by atoms with van der Waals surface area (Å²) >= 11 is 0. The highest BCUT2D eigenvalue weighted by molar-refractivity contribution is 6.10. The van der Waals surface area contributed by atoms with Gasteiger partial charge in [0.25, 0.3) is 0 Å². The molecule has 0 aliphatic heterocycles. The van der Waals surface area contributed by atoms with E-state index >= 15 is 0 Å². The molecule has 0 aliphatic carbocycles. The second kappa shape index (κ2) is 7.78. The fourth-order valence-corrected chi connectivity index (χ4v) is 2.00. The summed E-state index contributed by atoms with van der Waals surface area (Å²) in [7, 11) is 0. The van der Waals surface area contributed by atoms with E-state index in [0.29, 0.717) is 11.4 Å². The molecule has 22 heavy (non-hydrogen) atoms. The summed E-state index contributed by atoms with van der Waals surface area (Å²) in [4.78, 5) is 24.6. The average Bonchev–Trinajstić information content (AvgIpc) is 2.54. The van der Waals surface area contributed by atoms with Crippen LogP contribution in [-0.2, 0) is 9.59 Å². The predicted octanol–water partition coefficient (Wildman–Crippen LogP) is 3.46. The topological polar surface area (TPSA) is 58.2 Å². The molecule has 0 saturated carbocycles. The molecular weight excluding hydrogens is 276 g/mol. The van der Waals surface area contributed by atoms with Crippen LogP contribution in [0, 0.1) is 5.92 Å². The number of rotatable bonds is 6. The van der Waals surface area contributed by atoms with E-state index in [1.54, 1.807) is 30.3 Å². The molecule has 0 aromatic heterocycles. The fourth-order valence-electron chi connectivity index (χ4n) is 2.00. The molecule has 2 aromatic rings. The summed E-state index contributed by atoms with van der Waals surface area (Å²) in [5, 5.41) is 5.49. The highest BCUT2D eigenvalue weighted by atomic mass is 16.2. The van der Waals surface area contributed by atoms with Gasteiger partial charge in [0.2, 0.25) is 11.8 Å². The lowest BCUT2D eigenvalue weighted by molar-refractivity contribution is -0.129. The van der Waals surface area contributed by atoms with Crippen molar-refractivity contribution in [1.82, 2.24) is 0 Å². The van der Waals surface area contributed by atoms with Crippen LogP contribution in [0.3, 0.4) is 0 Å². The van der Waals surface area contributed by atoms with Crippen molar-refractivity contribution >= 4 is 23.2 Å². The fraction of sp³-hybridized carbons (Fsp3) is 0.111. The third kappa shape index (κ3) is 4.31. The zero-order valence-electron chi connectivity index (χ0n) is 12.2. The Bertz CT molecular complexity index is 585. The quantitative estimate of drug-likeness (QED) is 0.633. The summed E-state index contributed by atoms with van der Waals surface area (Å²) in [6, 6.07) is 18.1. The van der Waals surface area contributed by atoms with Crippen LogP contribution in [0.2, 0.25) is 0 Å². The number of hydrogen-bond donors (Lipinski definition) is 2. The molecule has 0 atom stereocenters. The Kier molecular flexibility index (Phi) is 5.49. The standard InChI is InChI=1S/C18H18N2O2/c1-2-9-16(17(21)19-14-10-5-3-6-11-14)18(22)20-15-12-7-4-8-13-15/h2-8,10-13,16H,1,9H2,(H,19,21)(H,20,22). The van der Waals surface area contributed by atoms with Crippen molar-refractivity contribution in [2.24, 2.45) is 5.92 Å². The zero-order valence-corrected chi connectivity index (χ0v) is 12.2. The number of amides is 2. The van der Waals surface area contributed by atoms with Gasteiger partial charge in [-0.15, -0.1) is 6.58 Å². The van der Waals surface area contributed by atoms with Gasteiger partial charge in [0, 0.05) is 11.4 Å². The van der Waals surface area contributed by atoms with Gasteiger partial charge in [-0.05, 0) is 30.7 Å². The van der Waals surface area contributed by atoms with Crippen LogP contribution in [0.15, 0.2) is 73.3 Å². The predicted molar refractivity (Wildman–Crippen MR) is 88.4 cm³/mol. The van der Waals surface area contributed by atoms with Crippen molar-refractivity contribution < 1.29 is 9.59 Å². The summed E-state index contributed by atoms with van der Waals surface area (Å²) in [6.45, 7) is 3.62. The van der Waals surface area contributed by atoms with Crippen molar-refractivity contribution in [3.05, 3.63) is 73.3 Å². The van der Waals surface area contributed by atoms with E-state index in [2.05, 4.69) is 17.2 Å². The van der Waals surface area contributed by atoms with Gasteiger partial charge >= 0.3 is 0 Å². The Balaban J connectivity index is 2.06. The summed E-state index contributed by atoms with van der Waals surface area (Å²) in [5.74, 6) is -1.52. The van der Waals surface area contributed by atoms with Gasteiger partial charge in [-0.1, -0.05) is 42.5 Å². The summed E-state index contributed by atoms with van der Waals surface area (Å²) < 4.78 is 0. The monoisotopic (exact) mass is 294 g/mol. The van der Waals surface area contributed by atoms with Crippen molar-refractivity contribution in [2.45, 2.75) is 6.42 Å². The van der Waals surface area contributed by atoms with Gasteiger partial charge in [-0.2, -0.15) is 0 Å². The maximum Gasteiger partial charge on any atom is 0.237 e. The Morgan fingerprint density at radius 3 is 1.64 bits per heavy atom. The number of nitrogens with one attached hydrogen (secondary N) is 2. The van der Waals surface area contributed by atoms with Crippen molar-refractivity contribution in [1.29, 1.82) is 0 Å². The molecule has 2 rings (SSSR count). The molecule has 112 valence electrons. The molecular formula is C18H18N2O2. The summed E-state index contributed by atoms with van der Waals surface area (Å²) in [6.07, 6.45) is 1.84. The van der Waals surface area contributed by atoms with Crippen LogP contribution in [0.4, 0.5) is 11.4 Å². The number of carbonyl (C=O) groups is 2. The molecule has 2 amide bonds. The normalized spacial score (nSPS) is 10.0. The van der Waals surface area contributed by atoms with E-state index in [1.165, 1.54) is 0 Å². The van der Waals surface area contributed by atoms with E-state index in [-0.39, 0.29) is 18.2 Å². The van der Waals surface area contributed by atoms with E-state index < -0.39 is 5.92 Å². The first-order valence-electron chi connectivity index (χ1n) is 7.03. The number of benzene rings is 2. The number of anilines is 2. The lowest BCUT2D eigenvalue weighted by atomic mass is 10.0. The first-order valence-corrected chi connectivity index (χ1v) is 7.03. The minimum absolute atomic E-state index is 0.275. The van der Waals surface area contributed by atoms with Crippen LogP contribution >= 0.6 is 0 Å². The first kappa shape index (κ1) is 15.5. The van der Waals surface area contributed by atoms with Crippen molar-refractivity contribution in [3.63, 3.8) is 0 Å².